The number of aromatic nitrogens is 1. The summed E-state index contributed by atoms with van der Waals surface area (Å²) >= 11 is 6.19. The SMILES string of the molecule is CCCCCN(C(=O)CCN1CCN(CCCc2c[nH]c3ccc(Cl)cc23)CC1)c1ccccc1. The van der Waals surface area contributed by atoms with E-state index in [1.54, 1.807) is 0 Å². The second kappa shape index (κ2) is 13.1. The van der Waals surface area contributed by atoms with Gasteiger partial charge in [0.15, 0.2) is 0 Å². The third-order valence-electron chi connectivity index (χ3n) is 7.11. The molecule has 1 amide bonds. The molecule has 2 heterocycles. The van der Waals surface area contributed by atoms with Crippen molar-refractivity contribution in [1.82, 2.24) is 14.8 Å². The average Bonchev–Trinajstić information content (AvgIpc) is 3.28. The van der Waals surface area contributed by atoms with Gasteiger partial charge < -0.3 is 19.7 Å². The zero-order valence-corrected chi connectivity index (χ0v) is 21.8. The highest BCUT2D eigenvalue weighted by Gasteiger charge is 2.20. The Balaban J connectivity index is 1.18. The van der Waals surface area contributed by atoms with Crippen molar-refractivity contribution < 1.29 is 4.79 Å². The lowest BCUT2D eigenvalue weighted by molar-refractivity contribution is -0.119. The fourth-order valence-corrected chi connectivity index (χ4v) is 5.17. The van der Waals surface area contributed by atoms with Crippen LogP contribution in [0.2, 0.25) is 5.02 Å². The molecule has 3 aromatic rings. The van der Waals surface area contributed by atoms with Gasteiger partial charge in [-0.15, -0.1) is 0 Å². The Bertz CT molecular complexity index is 1060. The van der Waals surface area contributed by atoms with Gasteiger partial charge in [-0.05, 0) is 61.7 Å². The first-order valence-corrected chi connectivity index (χ1v) is 13.6. The third-order valence-corrected chi connectivity index (χ3v) is 7.35. The Hall–Kier alpha value is -2.34. The molecule has 1 saturated heterocycles. The molecular weight excluding hydrogens is 456 g/mol. The van der Waals surface area contributed by atoms with Gasteiger partial charge in [-0.3, -0.25) is 4.79 Å². The highest BCUT2D eigenvalue weighted by molar-refractivity contribution is 6.31. The summed E-state index contributed by atoms with van der Waals surface area (Å²) in [5, 5.41) is 2.03. The van der Waals surface area contributed by atoms with E-state index in [9.17, 15) is 4.79 Å². The molecule has 0 unspecified atom stereocenters. The molecule has 0 aliphatic carbocycles. The first kappa shape index (κ1) is 25.7. The van der Waals surface area contributed by atoms with Gasteiger partial charge in [-0.1, -0.05) is 49.6 Å². The number of rotatable bonds is 12. The minimum Gasteiger partial charge on any atom is -0.361 e. The van der Waals surface area contributed by atoms with Crippen molar-refractivity contribution in [2.45, 2.75) is 45.4 Å². The maximum atomic E-state index is 13.1. The number of nitrogens with one attached hydrogen (secondary N) is 1. The molecule has 2 aromatic carbocycles. The Morgan fingerprint density at radius 3 is 2.46 bits per heavy atom. The molecule has 1 N–H and O–H groups in total. The zero-order valence-electron chi connectivity index (χ0n) is 21.0. The van der Waals surface area contributed by atoms with Gasteiger partial charge in [0.1, 0.15) is 0 Å². The summed E-state index contributed by atoms with van der Waals surface area (Å²) in [6.07, 6.45) is 8.29. The molecule has 4 rings (SSSR count). The Morgan fingerprint density at radius 1 is 0.971 bits per heavy atom. The highest BCUT2D eigenvalue weighted by atomic mass is 35.5. The number of aryl methyl sites for hydroxylation is 1. The third kappa shape index (κ3) is 7.33. The number of anilines is 1. The molecule has 1 fully saturated rings. The second-order valence-electron chi connectivity index (χ2n) is 9.63. The van der Waals surface area contributed by atoms with Crippen LogP contribution in [0.25, 0.3) is 10.9 Å². The molecule has 1 aliphatic rings. The summed E-state index contributed by atoms with van der Waals surface area (Å²) in [4.78, 5) is 23.4. The van der Waals surface area contributed by atoms with Gasteiger partial charge in [-0.25, -0.2) is 0 Å². The molecule has 1 aliphatic heterocycles. The molecule has 6 heteroatoms. The lowest BCUT2D eigenvalue weighted by Crippen LogP contribution is -2.47. The van der Waals surface area contributed by atoms with Gasteiger partial charge in [0.2, 0.25) is 5.91 Å². The number of H-pyrrole nitrogens is 1. The van der Waals surface area contributed by atoms with Crippen molar-refractivity contribution in [3.63, 3.8) is 0 Å². The van der Waals surface area contributed by atoms with Gasteiger partial charge in [0, 0.05) is 73.5 Å². The van der Waals surface area contributed by atoms with Crippen LogP contribution < -0.4 is 4.90 Å². The van der Waals surface area contributed by atoms with E-state index in [1.165, 1.54) is 10.9 Å². The second-order valence-corrected chi connectivity index (χ2v) is 10.1. The number of aromatic amines is 1. The molecule has 0 saturated carbocycles. The molecular formula is C29H39ClN4O. The van der Waals surface area contributed by atoms with Crippen LogP contribution in [0, 0.1) is 0 Å². The summed E-state index contributed by atoms with van der Waals surface area (Å²) < 4.78 is 0. The number of hydrogen-bond donors (Lipinski definition) is 1. The maximum Gasteiger partial charge on any atom is 0.228 e. The number of fused-ring (bicyclic) bond motifs is 1. The van der Waals surface area contributed by atoms with E-state index in [0.29, 0.717) is 6.42 Å². The number of para-hydroxylation sites is 1. The van der Waals surface area contributed by atoms with E-state index < -0.39 is 0 Å². The number of unbranched alkanes of at least 4 members (excludes halogenated alkanes) is 2. The number of piperazine rings is 1. The number of hydrogen-bond acceptors (Lipinski definition) is 3. The predicted octanol–water partition coefficient (Wildman–Crippen LogP) is 5.99. The van der Waals surface area contributed by atoms with Crippen molar-refractivity contribution in [1.29, 1.82) is 0 Å². The van der Waals surface area contributed by atoms with Gasteiger partial charge >= 0.3 is 0 Å². The molecule has 5 nitrogen and oxygen atoms in total. The van der Waals surface area contributed by atoms with Crippen LogP contribution in [0.4, 0.5) is 5.69 Å². The number of benzene rings is 2. The van der Waals surface area contributed by atoms with E-state index in [2.05, 4.69) is 40.0 Å². The molecule has 35 heavy (non-hydrogen) atoms. The van der Waals surface area contributed by atoms with E-state index in [0.717, 1.165) is 94.1 Å². The lowest BCUT2D eigenvalue weighted by Gasteiger charge is -2.35. The minimum absolute atomic E-state index is 0.244. The van der Waals surface area contributed by atoms with Gasteiger partial charge in [0.05, 0.1) is 0 Å². The summed E-state index contributed by atoms with van der Waals surface area (Å²) in [7, 11) is 0. The van der Waals surface area contributed by atoms with Crippen molar-refractivity contribution in [3.05, 3.63) is 65.3 Å². The lowest BCUT2D eigenvalue weighted by atomic mass is 10.1. The Kier molecular flexibility index (Phi) is 9.64. The van der Waals surface area contributed by atoms with Gasteiger partial charge in [0.25, 0.3) is 0 Å². The summed E-state index contributed by atoms with van der Waals surface area (Å²) in [6.45, 7) is 9.20. The van der Waals surface area contributed by atoms with Crippen molar-refractivity contribution in [3.8, 4) is 0 Å². The number of carbonyl (C=O) groups is 1. The first-order chi connectivity index (χ1) is 17.1. The Morgan fingerprint density at radius 2 is 1.71 bits per heavy atom. The fraction of sp³-hybridized carbons (Fsp3) is 0.483. The number of halogens is 1. The normalized spacial score (nSPS) is 15.0. The van der Waals surface area contributed by atoms with Crippen LogP contribution in [0.15, 0.2) is 54.7 Å². The van der Waals surface area contributed by atoms with Crippen LogP contribution in [0.3, 0.4) is 0 Å². The predicted molar refractivity (Wildman–Crippen MR) is 147 cm³/mol. The topological polar surface area (TPSA) is 42.6 Å². The fourth-order valence-electron chi connectivity index (χ4n) is 5.00. The highest BCUT2D eigenvalue weighted by Crippen LogP contribution is 2.23. The standard InChI is InChI=1S/C29H39ClN4O/c1-2-3-7-16-34(26-10-5-4-6-11-26)29(35)14-17-33-20-18-32(19-21-33)15-8-9-24-23-31-28-13-12-25(30)22-27(24)28/h4-6,10-13,22-23,31H,2-3,7-9,14-21H2,1H3. The average molecular weight is 495 g/mol. The van der Waals surface area contributed by atoms with E-state index in [4.69, 9.17) is 11.6 Å². The quantitative estimate of drug-likeness (QED) is 0.315. The maximum absolute atomic E-state index is 13.1. The largest absolute Gasteiger partial charge is 0.361 e. The summed E-state index contributed by atoms with van der Waals surface area (Å²) in [6, 6.07) is 16.2. The molecule has 188 valence electrons. The molecule has 0 atom stereocenters. The van der Waals surface area contributed by atoms with Crippen molar-refractivity contribution in [2.24, 2.45) is 0 Å². The molecule has 0 bridgehead atoms. The minimum atomic E-state index is 0.244. The summed E-state index contributed by atoms with van der Waals surface area (Å²) in [5.74, 6) is 0.244. The van der Waals surface area contributed by atoms with Crippen molar-refractivity contribution >= 4 is 34.1 Å². The molecule has 0 spiro atoms. The summed E-state index contributed by atoms with van der Waals surface area (Å²) in [5.41, 5.74) is 3.53. The molecule has 1 aromatic heterocycles. The van der Waals surface area contributed by atoms with E-state index in [1.807, 2.05) is 41.3 Å². The van der Waals surface area contributed by atoms with Crippen LogP contribution in [0.5, 0.6) is 0 Å². The van der Waals surface area contributed by atoms with Crippen LogP contribution in [-0.4, -0.2) is 66.5 Å². The van der Waals surface area contributed by atoms with Crippen LogP contribution >= 0.6 is 11.6 Å². The van der Waals surface area contributed by atoms with E-state index >= 15 is 0 Å². The first-order valence-electron chi connectivity index (χ1n) is 13.2. The number of nitrogens with zero attached hydrogens (tertiary/aromatic N) is 3. The number of carbonyl (C=O) groups excluding carboxylic acids is 1. The smallest absolute Gasteiger partial charge is 0.228 e. The monoisotopic (exact) mass is 494 g/mol. The van der Waals surface area contributed by atoms with Crippen molar-refractivity contribution in [2.75, 3.05) is 50.7 Å². The Labute approximate surface area is 215 Å². The van der Waals surface area contributed by atoms with E-state index in [-0.39, 0.29) is 5.91 Å². The van der Waals surface area contributed by atoms with Crippen LogP contribution in [0.1, 0.15) is 44.6 Å². The number of amides is 1. The molecule has 0 radical (unpaired) electrons. The zero-order chi connectivity index (χ0) is 24.5. The van der Waals surface area contributed by atoms with Crippen LogP contribution in [-0.2, 0) is 11.2 Å². The van der Waals surface area contributed by atoms with Gasteiger partial charge in [-0.2, -0.15) is 0 Å².